The van der Waals surface area contributed by atoms with Crippen LogP contribution in [-0.4, -0.2) is 9.97 Å². The molecule has 0 aromatic carbocycles. The Kier molecular flexibility index (Phi) is 1.79. The Labute approximate surface area is 65.4 Å². The summed E-state index contributed by atoms with van der Waals surface area (Å²) in [6, 6.07) is 1.05. The maximum absolute atomic E-state index is 11.9. The number of hydrogen-bond acceptors (Lipinski definition) is 4. The van der Waals surface area contributed by atoms with Crippen LogP contribution in [-0.2, 0) is 6.18 Å². The fourth-order valence-electron chi connectivity index (χ4n) is 0.612. The Balaban J connectivity index is 3.18. The van der Waals surface area contributed by atoms with E-state index in [1.54, 1.807) is 0 Å². The van der Waals surface area contributed by atoms with Gasteiger partial charge in [0.05, 0.1) is 0 Å². The summed E-state index contributed by atoms with van der Waals surface area (Å²) in [4.78, 5) is 5.93. The van der Waals surface area contributed by atoms with Gasteiger partial charge >= 0.3 is 6.18 Å². The van der Waals surface area contributed by atoms with Gasteiger partial charge in [0.2, 0.25) is 5.82 Å². The van der Waals surface area contributed by atoms with Gasteiger partial charge in [0.25, 0.3) is 0 Å². The fourth-order valence-corrected chi connectivity index (χ4v) is 0.612. The molecule has 66 valence electrons. The first-order valence-electron chi connectivity index (χ1n) is 2.87. The third-order valence-electron chi connectivity index (χ3n) is 1.02. The minimum absolute atomic E-state index is 0.296. The predicted molar refractivity (Wildman–Crippen MR) is 35.9 cm³/mol. The molecule has 0 saturated heterocycles. The minimum atomic E-state index is -4.61. The first-order valence-corrected chi connectivity index (χ1v) is 2.87. The van der Waals surface area contributed by atoms with Crippen LogP contribution < -0.4 is 11.5 Å². The lowest BCUT2D eigenvalue weighted by atomic mass is 10.5. The maximum Gasteiger partial charge on any atom is 0.451 e. The predicted octanol–water partition coefficient (Wildman–Crippen LogP) is 0.660. The van der Waals surface area contributed by atoms with Crippen LogP contribution >= 0.6 is 0 Å². The number of halogens is 3. The van der Waals surface area contributed by atoms with Crippen molar-refractivity contribution in [2.75, 3.05) is 11.5 Å². The van der Waals surface area contributed by atoms with Crippen LogP contribution in [0.1, 0.15) is 5.82 Å². The molecule has 0 spiro atoms. The number of alkyl halides is 3. The molecule has 0 unspecified atom stereocenters. The molecule has 7 heteroatoms. The molecule has 0 bridgehead atoms. The molecule has 1 rings (SSSR count). The normalized spacial score (nSPS) is 11.6. The van der Waals surface area contributed by atoms with E-state index in [4.69, 9.17) is 11.5 Å². The Morgan fingerprint density at radius 2 is 1.50 bits per heavy atom. The summed E-state index contributed by atoms with van der Waals surface area (Å²) in [5.41, 5.74) is 10.0. The van der Waals surface area contributed by atoms with Gasteiger partial charge in [0.1, 0.15) is 11.6 Å². The Bertz CT molecular complexity index is 275. The molecule has 1 heterocycles. The van der Waals surface area contributed by atoms with Crippen molar-refractivity contribution in [1.29, 1.82) is 0 Å². The number of nitrogens with two attached hydrogens (primary N) is 2. The van der Waals surface area contributed by atoms with Crippen molar-refractivity contribution in [3.63, 3.8) is 0 Å². The van der Waals surface area contributed by atoms with E-state index in [2.05, 4.69) is 9.97 Å². The van der Waals surface area contributed by atoms with E-state index in [1.165, 1.54) is 0 Å². The van der Waals surface area contributed by atoms with E-state index in [-0.39, 0.29) is 11.6 Å². The molecule has 4 N–H and O–H groups in total. The molecule has 1 aromatic heterocycles. The molecule has 1 aromatic rings. The maximum atomic E-state index is 11.9. The number of rotatable bonds is 0. The second-order valence-corrected chi connectivity index (χ2v) is 2.04. The summed E-state index contributed by atoms with van der Waals surface area (Å²) < 4.78 is 35.7. The highest BCUT2D eigenvalue weighted by molar-refractivity contribution is 5.41. The smallest absolute Gasteiger partial charge is 0.384 e. The van der Waals surface area contributed by atoms with Crippen LogP contribution in [0.3, 0.4) is 0 Å². The lowest BCUT2D eigenvalue weighted by Crippen LogP contribution is -2.13. The monoisotopic (exact) mass is 178 g/mol. The molecule has 12 heavy (non-hydrogen) atoms. The standard InChI is InChI=1S/C5H5F3N4/c6-5(7,8)4-11-2(9)1-3(10)12-4/h1H,(H4,9,10,11,12). The lowest BCUT2D eigenvalue weighted by molar-refractivity contribution is -0.144. The van der Waals surface area contributed by atoms with E-state index in [1.807, 2.05) is 0 Å². The third kappa shape index (κ3) is 1.74. The van der Waals surface area contributed by atoms with Crippen molar-refractivity contribution >= 4 is 11.6 Å². The number of aromatic nitrogens is 2. The number of anilines is 2. The molecule has 0 saturated carbocycles. The van der Waals surface area contributed by atoms with E-state index in [9.17, 15) is 13.2 Å². The molecule has 0 amide bonds. The number of hydrogen-bond donors (Lipinski definition) is 2. The Morgan fingerprint density at radius 3 is 1.83 bits per heavy atom. The first-order chi connectivity index (χ1) is 5.39. The molecule has 0 radical (unpaired) electrons. The first kappa shape index (κ1) is 8.57. The molecule has 0 aliphatic heterocycles. The van der Waals surface area contributed by atoms with Gasteiger partial charge in [-0.15, -0.1) is 0 Å². The Hall–Kier alpha value is -1.53. The molecular formula is C5H5F3N4. The average molecular weight is 178 g/mol. The van der Waals surface area contributed by atoms with Crippen molar-refractivity contribution in [2.24, 2.45) is 0 Å². The molecule has 0 fully saturated rings. The summed E-state index contributed by atoms with van der Waals surface area (Å²) in [6.45, 7) is 0. The van der Waals surface area contributed by atoms with Crippen LogP contribution in [0.2, 0.25) is 0 Å². The van der Waals surface area contributed by atoms with E-state index < -0.39 is 12.0 Å². The third-order valence-corrected chi connectivity index (χ3v) is 1.02. The zero-order valence-electron chi connectivity index (χ0n) is 5.76. The van der Waals surface area contributed by atoms with Crippen molar-refractivity contribution in [2.45, 2.75) is 6.18 Å². The zero-order valence-corrected chi connectivity index (χ0v) is 5.76. The number of nitrogen functional groups attached to an aromatic ring is 2. The highest BCUT2D eigenvalue weighted by atomic mass is 19.4. The van der Waals surface area contributed by atoms with Crippen molar-refractivity contribution < 1.29 is 13.2 Å². The van der Waals surface area contributed by atoms with Crippen molar-refractivity contribution in [3.8, 4) is 0 Å². The molecule has 0 atom stereocenters. The molecule has 4 nitrogen and oxygen atoms in total. The van der Waals surface area contributed by atoms with Gasteiger partial charge in [-0.2, -0.15) is 13.2 Å². The quantitative estimate of drug-likeness (QED) is 0.611. The molecule has 0 aliphatic carbocycles. The minimum Gasteiger partial charge on any atom is -0.384 e. The van der Waals surface area contributed by atoms with E-state index in [0.29, 0.717) is 0 Å². The van der Waals surface area contributed by atoms with Crippen LogP contribution in [0.25, 0.3) is 0 Å². The van der Waals surface area contributed by atoms with Gasteiger partial charge < -0.3 is 11.5 Å². The van der Waals surface area contributed by atoms with Gasteiger partial charge in [-0.05, 0) is 0 Å². The largest absolute Gasteiger partial charge is 0.451 e. The van der Waals surface area contributed by atoms with Gasteiger partial charge in [-0.3, -0.25) is 0 Å². The fraction of sp³-hybridized carbons (Fsp3) is 0.200. The second kappa shape index (κ2) is 2.50. The highest BCUT2D eigenvalue weighted by Crippen LogP contribution is 2.26. The topological polar surface area (TPSA) is 77.8 Å². The van der Waals surface area contributed by atoms with Gasteiger partial charge in [0, 0.05) is 6.07 Å². The lowest BCUT2D eigenvalue weighted by Gasteiger charge is -2.05. The van der Waals surface area contributed by atoms with E-state index >= 15 is 0 Å². The Morgan fingerprint density at radius 1 is 1.08 bits per heavy atom. The highest BCUT2D eigenvalue weighted by Gasteiger charge is 2.35. The van der Waals surface area contributed by atoms with Gasteiger partial charge in [-0.1, -0.05) is 0 Å². The summed E-state index contributed by atoms with van der Waals surface area (Å²) in [6.07, 6.45) is -4.61. The van der Waals surface area contributed by atoms with Gasteiger partial charge in [-0.25, -0.2) is 9.97 Å². The number of nitrogens with zero attached hydrogens (tertiary/aromatic N) is 2. The van der Waals surface area contributed by atoms with Crippen LogP contribution in [0.5, 0.6) is 0 Å². The summed E-state index contributed by atoms with van der Waals surface area (Å²) in [5.74, 6) is -1.91. The van der Waals surface area contributed by atoms with Gasteiger partial charge in [0.15, 0.2) is 0 Å². The van der Waals surface area contributed by atoms with E-state index in [0.717, 1.165) is 6.07 Å². The van der Waals surface area contributed by atoms with Crippen LogP contribution in [0, 0.1) is 0 Å². The average Bonchev–Trinajstić information content (AvgIpc) is 1.82. The molecule has 0 aliphatic rings. The van der Waals surface area contributed by atoms with Crippen molar-refractivity contribution in [3.05, 3.63) is 11.9 Å². The summed E-state index contributed by atoms with van der Waals surface area (Å²) in [5, 5.41) is 0. The van der Waals surface area contributed by atoms with Crippen LogP contribution in [0.15, 0.2) is 6.07 Å². The SMILES string of the molecule is Nc1cc(N)nc(C(F)(F)F)n1. The summed E-state index contributed by atoms with van der Waals surface area (Å²) in [7, 11) is 0. The molecular weight excluding hydrogens is 173 g/mol. The van der Waals surface area contributed by atoms with Crippen LogP contribution in [0.4, 0.5) is 24.8 Å². The second-order valence-electron chi connectivity index (χ2n) is 2.04. The summed E-state index contributed by atoms with van der Waals surface area (Å²) >= 11 is 0. The van der Waals surface area contributed by atoms with Crippen molar-refractivity contribution in [1.82, 2.24) is 9.97 Å². The zero-order chi connectivity index (χ0) is 9.35.